The van der Waals surface area contributed by atoms with Gasteiger partial charge in [-0.1, -0.05) is 47.5 Å². The SMILES string of the molecule is Cc1cccc(C)c1NC(=O)CC1OC2CN(C(=O)OC(C)(C)C)CC2N(Cc2ccc(Cl)cc2Cl)C1=O. The van der Waals surface area contributed by atoms with Gasteiger partial charge in [-0.15, -0.1) is 0 Å². The summed E-state index contributed by atoms with van der Waals surface area (Å²) in [5.41, 5.74) is 2.63. The number of ether oxygens (including phenoxy) is 2. The predicted octanol–water partition coefficient (Wildman–Crippen LogP) is 5.35. The molecule has 3 unspecified atom stereocenters. The summed E-state index contributed by atoms with van der Waals surface area (Å²) in [4.78, 5) is 42.7. The Bertz CT molecular complexity index is 1230. The van der Waals surface area contributed by atoms with Crippen LogP contribution in [0.25, 0.3) is 0 Å². The molecule has 2 aliphatic heterocycles. The maximum atomic E-state index is 13.7. The molecule has 0 aliphatic carbocycles. The Morgan fingerprint density at radius 2 is 1.79 bits per heavy atom. The van der Waals surface area contributed by atoms with E-state index in [0.717, 1.165) is 16.8 Å². The first kappa shape index (κ1) is 28.2. The Morgan fingerprint density at radius 1 is 1.11 bits per heavy atom. The second-order valence-corrected chi connectivity index (χ2v) is 11.7. The molecule has 2 saturated heterocycles. The van der Waals surface area contributed by atoms with Crippen LogP contribution in [0.15, 0.2) is 36.4 Å². The van der Waals surface area contributed by atoms with Crippen LogP contribution < -0.4 is 5.32 Å². The lowest BCUT2D eigenvalue weighted by atomic mass is 10.0. The molecule has 0 bridgehead atoms. The summed E-state index contributed by atoms with van der Waals surface area (Å²) in [6.07, 6.45) is -2.13. The van der Waals surface area contributed by atoms with E-state index in [1.165, 1.54) is 0 Å². The quantitative estimate of drug-likeness (QED) is 0.531. The molecule has 0 saturated carbocycles. The summed E-state index contributed by atoms with van der Waals surface area (Å²) in [6.45, 7) is 9.91. The lowest BCUT2D eigenvalue weighted by Crippen LogP contribution is -2.58. The number of benzene rings is 2. The zero-order chi connectivity index (χ0) is 27.8. The van der Waals surface area contributed by atoms with Crippen LogP contribution in [-0.4, -0.2) is 64.6 Å². The van der Waals surface area contributed by atoms with Crippen molar-refractivity contribution in [3.05, 3.63) is 63.1 Å². The van der Waals surface area contributed by atoms with Crippen molar-refractivity contribution >= 4 is 46.8 Å². The Morgan fingerprint density at radius 3 is 2.42 bits per heavy atom. The van der Waals surface area contributed by atoms with Crippen molar-refractivity contribution in [1.82, 2.24) is 9.80 Å². The average Bonchev–Trinajstić information content (AvgIpc) is 3.23. The van der Waals surface area contributed by atoms with E-state index in [-0.39, 0.29) is 37.9 Å². The number of amides is 3. The topological polar surface area (TPSA) is 88.2 Å². The van der Waals surface area contributed by atoms with E-state index in [2.05, 4.69) is 5.32 Å². The van der Waals surface area contributed by atoms with Crippen molar-refractivity contribution in [2.24, 2.45) is 0 Å². The molecule has 2 aliphatic rings. The minimum absolute atomic E-state index is 0.160. The van der Waals surface area contributed by atoms with Crippen LogP contribution in [0.1, 0.15) is 43.9 Å². The number of morpholine rings is 1. The standard InChI is InChI=1S/C28H33Cl2N3O5/c1-16-7-6-8-17(2)25(16)31-24(34)12-22-26(35)33(13-18-9-10-19(29)11-20(18)30)21-14-32(15-23(21)37-22)27(36)38-28(3,4)5/h6-11,21-23H,12-15H2,1-5H3,(H,31,34). The maximum absolute atomic E-state index is 13.7. The summed E-state index contributed by atoms with van der Waals surface area (Å²) in [6, 6.07) is 10.4. The van der Waals surface area contributed by atoms with Crippen LogP contribution in [0.3, 0.4) is 0 Å². The van der Waals surface area contributed by atoms with Crippen LogP contribution >= 0.6 is 23.2 Å². The number of halogens is 2. The molecule has 0 aromatic heterocycles. The molecule has 0 radical (unpaired) electrons. The highest BCUT2D eigenvalue weighted by atomic mass is 35.5. The number of nitrogens with one attached hydrogen (secondary N) is 1. The molecule has 8 nitrogen and oxygen atoms in total. The van der Waals surface area contributed by atoms with E-state index in [1.54, 1.807) is 48.8 Å². The monoisotopic (exact) mass is 561 g/mol. The molecule has 2 heterocycles. The number of para-hydroxylation sites is 1. The van der Waals surface area contributed by atoms with E-state index in [4.69, 9.17) is 32.7 Å². The van der Waals surface area contributed by atoms with Gasteiger partial charge in [-0.25, -0.2) is 4.79 Å². The highest BCUT2D eigenvalue weighted by Gasteiger charge is 2.49. The molecule has 2 aromatic rings. The van der Waals surface area contributed by atoms with Crippen molar-refractivity contribution in [2.75, 3.05) is 18.4 Å². The molecular weight excluding hydrogens is 529 g/mol. The van der Waals surface area contributed by atoms with Gasteiger partial charge in [0.15, 0.2) is 0 Å². The Hall–Kier alpha value is -2.81. The van der Waals surface area contributed by atoms with Gasteiger partial charge in [-0.2, -0.15) is 0 Å². The fourth-order valence-corrected chi connectivity index (χ4v) is 5.29. The third kappa shape index (κ3) is 6.42. The van der Waals surface area contributed by atoms with E-state index < -0.39 is 29.9 Å². The van der Waals surface area contributed by atoms with Crippen LogP contribution in [0.2, 0.25) is 10.0 Å². The Balaban J connectivity index is 1.56. The van der Waals surface area contributed by atoms with Crippen LogP contribution in [0.5, 0.6) is 0 Å². The van der Waals surface area contributed by atoms with Crippen LogP contribution in [0.4, 0.5) is 10.5 Å². The number of rotatable bonds is 5. The summed E-state index contributed by atoms with van der Waals surface area (Å²) in [5.74, 6) is -0.661. The first-order valence-corrected chi connectivity index (χ1v) is 13.3. The predicted molar refractivity (Wildman–Crippen MR) is 146 cm³/mol. The van der Waals surface area contributed by atoms with E-state index in [9.17, 15) is 14.4 Å². The highest BCUT2D eigenvalue weighted by molar-refractivity contribution is 6.35. The van der Waals surface area contributed by atoms with Crippen molar-refractivity contribution in [3.63, 3.8) is 0 Å². The van der Waals surface area contributed by atoms with E-state index in [0.29, 0.717) is 15.6 Å². The van der Waals surface area contributed by atoms with Gasteiger partial charge in [0.1, 0.15) is 11.7 Å². The molecule has 3 atom stereocenters. The minimum atomic E-state index is -1.01. The lowest BCUT2D eigenvalue weighted by molar-refractivity contribution is -0.169. The first-order chi connectivity index (χ1) is 17.8. The third-order valence-electron chi connectivity index (χ3n) is 6.66. The number of likely N-dealkylation sites (tertiary alicyclic amines) is 1. The summed E-state index contributed by atoms with van der Waals surface area (Å²) < 4.78 is 11.7. The molecule has 10 heteroatoms. The summed E-state index contributed by atoms with van der Waals surface area (Å²) >= 11 is 12.5. The number of aryl methyl sites for hydroxylation is 2. The Labute approximate surface area is 233 Å². The number of carbonyl (C=O) groups excluding carboxylic acids is 3. The van der Waals surface area contributed by atoms with Gasteiger partial charge in [0, 0.05) is 28.8 Å². The molecular formula is C28H33Cl2N3O5. The third-order valence-corrected chi connectivity index (χ3v) is 7.25. The maximum Gasteiger partial charge on any atom is 0.410 e. The molecule has 38 heavy (non-hydrogen) atoms. The van der Waals surface area contributed by atoms with Gasteiger partial charge in [-0.3, -0.25) is 9.59 Å². The van der Waals surface area contributed by atoms with E-state index in [1.807, 2.05) is 32.0 Å². The average molecular weight is 562 g/mol. The molecule has 4 rings (SSSR count). The smallest absolute Gasteiger partial charge is 0.410 e. The normalized spacial score (nSPS) is 21.3. The zero-order valence-electron chi connectivity index (χ0n) is 22.2. The van der Waals surface area contributed by atoms with Gasteiger partial charge in [-0.05, 0) is 63.4 Å². The fourth-order valence-electron chi connectivity index (χ4n) is 4.82. The summed E-state index contributed by atoms with van der Waals surface area (Å²) in [7, 11) is 0. The van der Waals surface area contributed by atoms with Gasteiger partial charge < -0.3 is 24.6 Å². The molecule has 2 aromatic carbocycles. The van der Waals surface area contributed by atoms with Crippen molar-refractivity contribution < 1.29 is 23.9 Å². The van der Waals surface area contributed by atoms with Crippen LogP contribution in [0, 0.1) is 13.8 Å². The van der Waals surface area contributed by atoms with Crippen molar-refractivity contribution in [1.29, 1.82) is 0 Å². The molecule has 1 N–H and O–H groups in total. The first-order valence-electron chi connectivity index (χ1n) is 12.6. The number of fused-ring (bicyclic) bond motifs is 1. The molecule has 2 fully saturated rings. The number of anilines is 1. The fraction of sp³-hybridized carbons (Fsp3) is 0.464. The number of nitrogens with zero attached hydrogens (tertiary/aromatic N) is 2. The highest BCUT2D eigenvalue weighted by Crippen LogP contribution is 2.32. The molecule has 0 spiro atoms. The zero-order valence-corrected chi connectivity index (χ0v) is 23.7. The second-order valence-electron chi connectivity index (χ2n) is 10.8. The number of hydrogen-bond donors (Lipinski definition) is 1. The largest absolute Gasteiger partial charge is 0.444 e. The van der Waals surface area contributed by atoms with Gasteiger partial charge >= 0.3 is 6.09 Å². The minimum Gasteiger partial charge on any atom is -0.444 e. The van der Waals surface area contributed by atoms with Gasteiger partial charge in [0.05, 0.1) is 25.1 Å². The lowest BCUT2D eigenvalue weighted by Gasteiger charge is -2.40. The van der Waals surface area contributed by atoms with E-state index >= 15 is 0 Å². The Kier molecular flexibility index (Phi) is 8.26. The number of carbonyl (C=O) groups is 3. The number of hydrogen-bond acceptors (Lipinski definition) is 5. The molecule has 3 amide bonds. The van der Waals surface area contributed by atoms with Crippen LogP contribution in [-0.2, 0) is 25.6 Å². The molecule has 204 valence electrons. The summed E-state index contributed by atoms with van der Waals surface area (Å²) in [5, 5.41) is 3.85. The van der Waals surface area contributed by atoms with Crippen molar-refractivity contribution in [2.45, 2.75) is 71.4 Å². The van der Waals surface area contributed by atoms with Gasteiger partial charge in [0.25, 0.3) is 5.91 Å². The van der Waals surface area contributed by atoms with Crippen molar-refractivity contribution in [3.8, 4) is 0 Å². The second kappa shape index (κ2) is 11.1. The van der Waals surface area contributed by atoms with Gasteiger partial charge in [0.2, 0.25) is 5.91 Å².